The molecule has 0 spiro atoms. The van der Waals surface area contributed by atoms with Crippen LogP contribution in [-0.4, -0.2) is 37.2 Å². The van der Waals surface area contributed by atoms with Crippen LogP contribution in [0.4, 0.5) is 0 Å². The van der Waals surface area contributed by atoms with Crippen LogP contribution in [0.25, 0.3) is 11.1 Å². The van der Waals surface area contributed by atoms with Gasteiger partial charge in [0.2, 0.25) is 0 Å². The van der Waals surface area contributed by atoms with Gasteiger partial charge < -0.3 is 9.47 Å². The molecule has 28 heavy (non-hydrogen) atoms. The Balaban J connectivity index is 1.66. The first-order valence-corrected chi connectivity index (χ1v) is 9.76. The summed E-state index contributed by atoms with van der Waals surface area (Å²) in [5.41, 5.74) is 4.90. The molecule has 0 bridgehead atoms. The molecule has 4 nitrogen and oxygen atoms in total. The van der Waals surface area contributed by atoms with Crippen molar-refractivity contribution >= 4 is 0 Å². The molecule has 0 aliphatic carbocycles. The number of nitrogens with zero attached hydrogens (tertiary/aromatic N) is 2. The first kappa shape index (κ1) is 18.5. The third-order valence-electron chi connectivity index (χ3n) is 5.47. The number of rotatable bonds is 6. The number of pyridine rings is 1. The first-order chi connectivity index (χ1) is 13.8. The molecular weight excluding hydrogens is 348 g/mol. The minimum Gasteiger partial charge on any atom is -0.493 e. The highest BCUT2D eigenvalue weighted by Gasteiger charge is 2.25. The maximum Gasteiger partial charge on any atom is 0.161 e. The second kappa shape index (κ2) is 8.44. The maximum absolute atomic E-state index is 5.45. The van der Waals surface area contributed by atoms with Gasteiger partial charge in [-0.1, -0.05) is 30.3 Å². The van der Waals surface area contributed by atoms with Crippen molar-refractivity contribution in [2.75, 3.05) is 27.3 Å². The molecule has 4 rings (SSSR count). The van der Waals surface area contributed by atoms with E-state index >= 15 is 0 Å². The fraction of sp³-hybridized carbons (Fsp3) is 0.292. The minimum atomic E-state index is 0.282. The molecule has 1 atom stereocenters. The second-order valence-electron chi connectivity index (χ2n) is 7.12. The lowest BCUT2D eigenvalue weighted by Gasteiger charge is -2.28. The summed E-state index contributed by atoms with van der Waals surface area (Å²) in [5.74, 6) is 1.49. The predicted molar refractivity (Wildman–Crippen MR) is 112 cm³/mol. The molecule has 4 heteroatoms. The largest absolute Gasteiger partial charge is 0.493 e. The van der Waals surface area contributed by atoms with Crippen molar-refractivity contribution in [3.63, 3.8) is 0 Å². The summed E-state index contributed by atoms with van der Waals surface area (Å²) in [4.78, 5) is 6.76. The number of hydrogen-bond donors (Lipinski definition) is 0. The molecule has 0 amide bonds. The van der Waals surface area contributed by atoms with Crippen LogP contribution in [0, 0.1) is 0 Å². The van der Waals surface area contributed by atoms with Crippen LogP contribution >= 0.6 is 0 Å². The van der Waals surface area contributed by atoms with Crippen molar-refractivity contribution in [3.8, 4) is 22.6 Å². The maximum atomic E-state index is 5.45. The zero-order valence-corrected chi connectivity index (χ0v) is 16.5. The van der Waals surface area contributed by atoms with Gasteiger partial charge >= 0.3 is 0 Å². The molecule has 1 fully saturated rings. The lowest BCUT2D eigenvalue weighted by atomic mass is 9.95. The Labute approximate surface area is 166 Å². The van der Waals surface area contributed by atoms with Crippen molar-refractivity contribution in [1.29, 1.82) is 0 Å². The van der Waals surface area contributed by atoms with Crippen LogP contribution in [-0.2, 0) is 0 Å². The number of aromatic nitrogens is 1. The van der Waals surface area contributed by atoms with E-state index in [1.165, 1.54) is 29.5 Å². The molecule has 0 radical (unpaired) electrons. The summed E-state index contributed by atoms with van der Waals surface area (Å²) in [7, 11) is 3.32. The zero-order valence-electron chi connectivity index (χ0n) is 16.5. The summed E-state index contributed by atoms with van der Waals surface area (Å²) in [6.07, 6.45) is 6.31. The third-order valence-corrected chi connectivity index (χ3v) is 5.47. The van der Waals surface area contributed by atoms with Gasteiger partial charge in [0, 0.05) is 12.4 Å². The molecule has 2 aromatic carbocycles. The van der Waals surface area contributed by atoms with E-state index in [1.54, 1.807) is 14.2 Å². The van der Waals surface area contributed by atoms with Crippen molar-refractivity contribution in [2.24, 2.45) is 0 Å². The third kappa shape index (κ3) is 3.73. The molecule has 1 aliphatic rings. The molecule has 2 heterocycles. The highest BCUT2D eigenvalue weighted by Crippen LogP contribution is 2.35. The van der Waals surface area contributed by atoms with E-state index in [9.17, 15) is 0 Å². The van der Waals surface area contributed by atoms with E-state index in [1.807, 2.05) is 24.5 Å². The Kier molecular flexibility index (Phi) is 5.58. The Morgan fingerprint density at radius 3 is 2.00 bits per heavy atom. The molecule has 0 saturated carbocycles. The quantitative estimate of drug-likeness (QED) is 0.611. The normalized spacial score (nSPS) is 15.4. The summed E-state index contributed by atoms with van der Waals surface area (Å²) < 4.78 is 10.8. The van der Waals surface area contributed by atoms with Gasteiger partial charge in [-0.2, -0.15) is 0 Å². The molecule has 1 saturated heterocycles. The SMILES string of the molecule is COc1ccc(-c2ccc(C(c3ccncc3)N3CCCC3)cc2)cc1OC. The fourth-order valence-corrected chi connectivity index (χ4v) is 4.03. The Hall–Kier alpha value is -2.85. The van der Waals surface area contributed by atoms with Gasteiger partial charge in [-0.15, -0.1) is 0 Å². The molecule has 144 valence electrons. The number of ether oxygens (including phenoxy) is 2. The lowest BCUT2D eigenvalue weighted by Crippen LogP contribution is -2.26. The number of hydrogen-bond acceptors (Lipinski definition) is 4. The van der Waals surface area contributed by atoms with E-state index < -0.39 is 0 Å². The van der Waals surface area contributed by atoms with Gasteiger partial charge in [0.05, 0.1) is 20.3 Å². The highest BCUT2D eigenvalue weighted by molar-refractivity contribution is 5.67. The summed E-state index contributed by atoms with van der Waals surface area (Å²) in [6.45, 7) is 2.29. The van der Waals surface area contributed by atoms with E-state index in [0.717, 1.165) is 30.2 Å². The standard InChI is InChI=1S/C24H26N2O2/c1-27-22-10-9-21(17-23(22)28-2)18-5-7-19(8-6-18)24(26-15-3-4-16-26)20-11-13-25-14-12-20/h5-14,17,24H,3-4,15-16H2,1-2H3. The average Bonchev–Trinajstić information content (AvgIpc) is 3.29. The lowest BCUT2D eigenvalue weighted by molar-refractivity contribution is 0.281. The molecule has 1 aromatic heterocycles. The van der Waals surface area contributed by atoms with Crippen LogP contribution in [0.1, 0.15) is 30.0 Å². The Bertz CT molecular complexity index is 904. The van der Waals surface area contributed by atoms with E-state index in [2.05, 4.69) is 52.3 Å². The van der Waals surface area contributed by atoms with Crippen LogP contribution in [0.15, 0.2) is 67.0 Å². The molecule has 1 unspecified atom stereocenters. The number of likely N-dealkylation sites (tertiary alicyclic amines) is 1. The van der Waals surface area contributed by atoms with Crippen molar-refractivity contribution < 1.29 is 9.47 Å². The topological polar surface area (TPSA) is 34.6 Å². The van der Waals surface area contributed by atoms with Gasteiger partial charge in [0.15, 0.2) is 11.5 Å². The van der Waals surface area contributed by atoms with Gasteiger partial charge in [-0.25, -0.2) is 0 Å². The minimum absolute atomic E-state index is 0.282. The van der Waals surface area contributed by atoms with Gasteiger partial charge in [0.1, 0.15) is 0 Å². The fourth-order valence-electron chi connectivity index (χ4n) is 4.03. The predicted octanol–water partition coefficient (Wildman–Crippen LogP) is 4.95. The van der Waals surface area contributed by atoms with Crippen LogP contribution in [0.5, 0.6) is 11.5 Å². The van der Waals surface area contributed by atoms with Gasteiger partial charge in [-0.3, -0.25) is 9.88 Å². The van der Waals surface area contributed by atoms with E-state index in [4.69, 9.17) is 9.47 Å². The van der Waals surface area contributed by atoms with Crippen molar-refractivity contribution in [1.82, 2.24) is 9.88 Å². The van der Waals surface area contributed by atoms with Gasteiger partial charge in [0.25, 0.3) is 0 Å². The van der Waals surface area contributed by atoms with E-state index in [0.29, 0.717) is 0 Å². The number of benzene rings is 2. The Morgan fingerprint density at radius 2 is 1.36 bits per heavy atom. The van der Waals surface area contributed by atoms with E-state index in [-0.39, 0.29) is 6.04 Å². The summed E-state index contributed by atoms with van der Waals surface area (Å²) in [5, 5.41) is 0. The smallest absolute Gasteiger partial charge is 0.161 e. The van der Waals surface area contributed by atoms with Crippen LogP contribution in [0.3, 0.4) is 0 Å². The Morgan fingerprint density at radius 1 is 0.750 bits per heavy atom. The summed E-state index contributed by atoms with van der Waals surface area (Å²) >= 11 is 0. The zero-order chi connectivity index (χ0) is 19.3. The van der Waals surface area contributed by atoms with Crippen molar-refractivity contribution in [3.05, 3.63) is 78.1 Å². The van der Waals surface area contributed by atoms with Gasteiger partial charge in [-0.05, 0) is 72.5 Å². The van der Waals surface area contributed by atoms with Crippen molar-refractivity contribution in [2.45, 2.75) is 18.9 Å². The van der Waals surface area contributed by atoms with Crippen LogP contribution in [0.2, 0.25) is 0 Å². The molecule has 3 aromatic rings. The average molecular weight is 374 g/mol. The van der Waals surface area contributed by atoms with Crippen LogP contribution < -0.4 is 9.47 Å². The second-order valence-corrected chi connectivity index (χ2v) is 7.12. The summed E-state index contributed by atoms with van der Waals surface area (Å²) in [6, 6.07) is 19.5. The first-order valence-electron chi connectivity index (χ1n) is 9.76. The molecular formula is C24H26N2O2. The number of methoxy groups -OCH3 is 2. The monoisotopic (exact) mass is 374 g/mol. The molecule has 1 aliphatic heterocycles. The molecule has 0 N–H and O–H groups in total. The highest BCUT2D eigenvalue weighted by atomic mass is 16.5.